The highest BCUT2D eigenvalue weighted by atomic mass is 32.2. The molecule has 1 amide bonds. The molecule has 0 saturated heterocycles. The molecule has 2 aliphatic heterocycles. The van der Waals surface area contributed by atoms with Gasteiger partial charge in [0.25, 0.3) is 0 Å². The fourth-order valence-electron chi connectivity index (χ4n) is 13.9. The number of carbonyl (C=O) groups excluding carboxylic acids is 4. The molecule has 0 spiro atoms. The standard InChI is InChI=1S/C85H102FN10O12PS2/c1-84(2)71-32-21-23-36-75(71)95(9)80(84)41-18-11-19-42-81-85(3,4)72-33-22-24-37-76(72)96(81)59-26-12-15-30-67(97)29-14-10-16-34-73(77(98)38-28-39-78(99)82(86)70-31-20-25-40-79(70)108-109(101,102)103)87-83(100)74(92-111(106,107)69-57-49-64(50-58-69)91-89-62-45-53-66(54-46-62)94(7)8)35-17-13-27-60-110(104,105)68-55-47-63(48-56-68)90-88-61-43-51-65(52-44-61)93(5)6/h11,18-25,31-33,36-37,40-58,73-74,82,92H,10,12-17,26-30,34-35,38-39,59-60H2,1-9H3,(H2-,87,100,101,102,103)/p+1. The van der Waals surface area contributed by atoms with Crippen LogP contribution in [0.5, 0.6) is 5.75 Å². The molecular formula is C85H103FN10O12PS2+. The van der Waals surface area contributed by atoms with Gasteiger partial charge in [0.15, 0.2) is 33.3 Å². The number of allylic oxidation sites excluding steroid dienone is 6. The SMILES string of the molecule is CN(C)c1ccc(N=Nc2ccc(S(=O)(=O)CCCCCC(NS(=O)(=O)c3ccc(N=Nc4ccc(N(C)C)cc4)cc3)C(=O)NC(CCCCCC(=O)CCCCCN3C(=CC=CC=CC4=[N+](C)c5ccccc5C4(C)C)C(C)(C)c4ccccc43)C(=O)CCCC(=O)C(F)c3ccccc3OP(=O)(O)O)cc2)cc1. The van der Waals surface area contributed by atoms with Gasteiger partial charge in [0.2, 0.25) is 21.6 Å². The maximum atomic E-state index is 15.8. The Labute approximate surface area is 652 Å². The third-order valence-corrected chi connectivity index (χ3v) is 23.9. The van der Waals surface area contributed by atoms with Crippen LogP contribution in [0.1, 0.15) is 153 Å². The number of azo groups is 2. The summed E-state index contributed by atoms with van der Waals surface area (Å²) >= 11 is 0. The first kappa shape index (κ1) is 85.3. The Morgan fingerprint density at radius 2 is 1.07 bits per heavy atom. The summed E-state index contributed by atoms with van der Waals surface area (Å²) < 4.78 is 92.9. The molecule has 3 atom stereocenters. The van der Waals surface area contributed by atoms with E-state index in [0.29, 0.717) is 54.9 Å². The molecule has 7 aromatic rings. The van der Waals surface area contributed by atoms with Crippen LogP contribution in [0.2, 0.25) is 0 Å². The number of rotatable bonds is 42. The lowest BCUT2D eigenvalue weighted by atomic mass is 9.81. The zero-order valence-corrected chi connectivity index (χ0v) is 67.2. The van der Waals surface area contributed by atoms with Crippen molar-refractivity contribution < 1.29 is 63.9 Å². The number of hydrogen-bond donors (Lipinski definition) is 4. The van der Waals surface area contributed by atoms with Crippen LogP contribution in [-0.4, -0.2) is 120 Å². The zero-order chi connectivity index (χ0) is 80.1. The molecule has 22 nitrogen and oxygen atoms in total. The first-order chi connectivity index (χ1) is 52.8. The minimum atomic E-state index is -5.14. The molecule has 0 fully saturated rings. The second-order valence-electron chi connectivity index (χ2n) is 29.5. The molecule has 0 aliphatic carbocycles. The molecule has 7 aromatic carbocycles. The van der Waals surface area contributed by atoms with Gasteiger partial charge in [0.1, 0.15) is 24.6 Å². The first-order valence-electron chi connectivity index (χ1n) is 37.7. The highest BCUT2D eigenvalue weighted by molar-refractivity contribution is 7.91. The number of nitrogens with one attached hydrogen (secondary N) is 2. The second kappa shape index (κ2) is 38.9. The Morgan fingerprint density at radius 3 is 1.65 bits per heavy atom. The van der Waals surface area contributed by atoms with Gasteiger partial charge in [-0.05, 0) is 180 Å². The van der Waals surface area contributed by atoms with Crippen molar-refractivity contribution in [1.82, 2.24) is 10.0 Å². The van der Waals surface area contributed by atoms with Crippen molar-refractivity contribution in [2.75, 3.05) is 62.2 Å². The molecule has 2 aliphatic rings. The van der Waals surface area contributed by atoms with Crippen LogP contribution in [0.25, 0.3) is 0 Å². The highest BCUT2D eigenvalue weighted by Crippen LogP contribution is 2.48. The van der Waals surface area contributed by atoms with Gasteiger partial charge < -0.3 is 24.5 Å². The van der Waals surface area contributed by atoms with E-state index in [0.717, 1.165) is 42.9 Å². The third kappa shape index (κ3) is 23.7. The number of Topliss-reactive ketones (excluding diaryl/α,β-unsaturated/α-hetero) is 3. The molecule has 0 aromatic heterocycles. The van der Waals surface area contributed by atoms with E-state index < -0.39 is 81.1 Å². The second-order valence-corrected chi connectivity index (χ2v) is 34.5. The lowest BCUT2D eigenvalue weighted by Crippen LogP contribution is -2.51. The monoisotopic (exact) mass is 1570 g/mol. The Morgan fingerprint density at radius 1 is 0.568 bits per heavy atom. The van der Waals surface area contributed by atoms with Crippen LogP contribution in [-0.2, 0) is 54.4 Å². The molecule has 0 radical (unpaired) electrons. The van der Waals surface area contributed by atoms with Gasteiger partial charge in [-0.3, -0.25) is 29.0 Å². The Kier molecular flexibility index (Phi) is 29.9. The molecule has 26 heteroatoms. The average Bonchev–Trinajstić information content (AvgIpc) is 1.60. The lowest BCUT2D eigenvalue weighted by Gasteiger charge is -2.27. The number of sulfone groups is 1. The maximum absolute atomic E-state index is 15.8. The van der Waals surface area contributed by atoms with E-state index in [1.807, 2.05) is 74.4 Å². The number of amides is 1. The van der Waals surface area contributed by atoms with Gasteiger partial charge in [-0.15, -0.1) is 0 Å². The van der Waals surface area contributed by atoms with Crippen LogP contribution in [0.15, 0.2) is 236 Å². The number of nitrogens with zero attached hydrogens (tertiary/aromatic N) is 8. The van der Waals surface area contributed by atoms with E-state index in [4.69, 9.17) is 0 Å². The summed E-state index contributed by atoms with van der Waals surface area (Å²) in [6.45, 7) is 9.77. The van der Waals surface area contributed by atoms with Crippen molar-refractivity contribution in [3.05, 3.63) is 223 Å². The Bertz CT molecular complexity index is 4890. The van der Waals surface area contributed by atoms with Gasteiger partial charge in [-0.2, -0.15) is 29.8 Å². The molecule has 111 heavy (non-hydrogen) atoms. The first-order valence-corrected chi connectivity index (χ1v) is 42.3. The van der Waals surface area contributed by atoms with E-state index in [-0.39, 0.29) is 83.5 Å². The van der Waals surface area contributed by atoms with Gasteiger partial charge >= 0.3 is 7.82 Å². The summed E-state index contributed by atoms with van der Waals surface area (Å²) in [5.74, 6) is -3.10. The molecule has 9 rings (SSSR count). The quantitative estimate of drug-likeness (QED) is 0.00909. The number of phosphoric ester groups is 1. The normalized spacial score (nSPS) is 15.4. The van der Waals surface area contributed by atoms with Crippen molar-refractivity contribution in [1.29, 1.82) is 0 Å². The Hall–Kier alpha value is -9.75. The van der Waals surface area contributed by atoms with Gasteiger partial charge in [0, 0.05) is 112 Å². The number of alkyl halides is 1. The van der Waals surface area contributed by atoms with Gasteiger partial charge in [0.05, 0.1) is 49.8 Å². The van der Waals surface area contributed by atoms with E-state index in [2.05, 4.69) is 158 Å². The zero-order valence-electron chi connectivity index (χ0n) is 64.7. The fraction of sp³-hybridized carbons (Fsp3) is 0.376. The van der Waals surface area contributed by atoms with Crippen LogP contribution in [0.4, 0.5) is 49.9 Å². The Balaban J connectivity index is 0.835. The lowest BCUT2D eigenvalue weighted by molar-refractivity contribution is -0.401. The molecule has 0 bridgehead atoms. The summed E-state index contributed by atoms with van der Waals surface area (Å²) in [6, 6.07) is 45.6. The number of ketones is 3. The van der Waals surface area contributed by atoms with Crippen molar-refractivity contribution in [2.24, 2.45) is 20.5 Å². The minimum absolute atomic E-state index is 0.0530. The van der Waals surface area contributed by atoms with Crippen molar-refractivity contribution in [3.8, 4) is 5.75 Å². The van der Waals surface area contributed by atoms with Crippen molar-refractivity contribution in [3.63, 3.8) is 0 Å². The number of hydrogen-bond acceptors (Lipinski definition) is 17. The molecule has 3 unspecified atom stereocenters. The van der Waals surface area contributed by atoms with Crippen molar-refractivity contribution in [2.45, 2.75) is 169 Å². The number of sulfonamides is 1. The number of anilines is 3. The average molecular weight is 1570 g/mol. The smallest absolute Gasteiger partial charge is 0.404 e. The van der Waals surface area contributed by atoms with Gasteiger partial charge in [-0.1, -0.05) is 119 Å². The van der Waals surface area contributed by atoms with Gasteiger partial charge in [-0.25, -0.2) is 25.8 Å². The summed E-state index contributed by atoms with van der Waals surface area (Å²) in [5, 5.41) is 19.9. The predicted octanol–water partition coefficient (Wildman–Crippen LogP) is 17.9. The summed E-state index contributed by atoms with van der Waals surface area (Å²) in [5.41, 5.74) is 10.5. The number of halogens is 1. The molecular weight excluding hydrogens is 1470 g/mol. The summed E-state index contributed by atoms with van der Waals surface area (Å²) in [4.78, 5) is 81.0. The van der Waals surface area contributed by atoms with Crippen molar-refractivity contribution >= 4 is 102 Å². The number of benzene rings is 7. The topological polar surface area (TPSA) is 290 Å². The largest absolute Gasteiger partial charge is 0.524 e. The van der Waals surface area contributed by atoms with E-state index in [1.165, 1.54) is 82.4 Å². The number of fused-ring (bicyclic) bond motifs is 2. The molecule has 2 heterocycles. The number of phosphoric acid groups is 1. The molecule has 4 N–H and O–H groups in total. The minimum Gasteiger partial charge on any atom is -0.404 e. The van der Waals surface area contributed by atoms with Crippen LogP contribution in [0, 0.1) is 0 Å². The molecule has 0 saturated carbocycles. The number of unbranched alkanes of at least 4 members (excludes halogenated alkanes) is 6. The third-order valence-electron chi connectivity index (χ3n) is 20.2. The summed E-state index contributed by atoms with van der Waals surface area (Å²) in [6.07, 6.45) is 12.1. The van der Waals surface area contributed by atoms with E-state index >= 15 is 4.39 Å². The number of carbonyl (C=O) groups is 4. The van der Waals surface area contributed by atoms with Crippen LogP contribution in [0.3, 0.4) is 0 Å². The fourth-order valence-corrected chi connectivity index (χ4v) is 16.9. The summed E-state index contributed by atoms with van der Waals surface area (Å²) in [7, 11) is -3.65. The van der Waals surface area contributed by atoms with E-state index in [1.54, 1.807) is 24.3 Å². The van der Waals surface area contributed by atoms with E-state index in [9.17, 15) is 50.4 Å². The predicted molar refractivity (Wildman–Crippen MR) is 436 cm³/mol. The maximum Gasteiger partial charge on any atom is 0.524 e. The van der Waals surface area contributed by atoms with Crippen LogP contribution < -0.4 is 29.3 Å². The molecule has 588 valence electrons. The highest BCUT2D eigenvalue weighted by Gasteiger charge is 2.43. The number of para-hydroxylation sites is 3. The van der Waals surface area contributed by atoms with Crippen LogP contribution >= 0.6 is 7.82 Å².